The van der Waals surface area contributed by atoms with Gasteiger partial charge in [-0.2, -0.15) is 0 Å². The molecule has 1 aliphatic heterocycles. The second-order valence-corrected chi connectivity index (χ2v) is 4.71. The third-order valence-electron chi connectivity index (χ3n) is 2.67. The number of aliphatic hydroxyl groups is 1. The van der Waals surface area contributed by atoms with Crippen LogP contribution in [0.2, 0.25) is 0 Å². The highest BCUT2D eigenvalue weighted by molar-refractivity contribution is 7.10. The van der Waals surface area contributed by atoms with E-state index < -0.39 is 6.10 Å². The van der Waals surface area contributed by atoms with Crippen molar-refractivity contribution >= 4 is 17.4 Å². The van der Waals surface area contributed by atoms with Crippen LogP contribution in [0.3, 0.4) is 0 Å². The topological polar surface area (TPSA) is 49.8 Å². The van der Waals surface area contributed by atoms with Crippen molar-refractivity contribution in [3.63, 3.8) is 0 Å². The number of carbonyl (C=O) groups is 1. The van der Waals surface area contributed by atoms with Crippen molar-refractivity contribution in [3.05, 3.63) is 21.9 Å². The zero-order valence-electron chi connectivity index (χ0n) is 9.18. The summed E-state index contributed by atoms with van der Waals surface area (Å²) in [7, 11) is 0. The molecule has 0 spiro atoms. The van der Waals surface area contributed by atoms with Crippen LogP contribution in [0.25, 0.3) is 0 Å². The smallest absolute Gasteiger partial charge is 0.409 e. The largest absolute Gasteiger partial charge is 0.450 e. The van der Waals surface area contributed by atoms with Gasteiger partial charge in [-0.1, -0.05) is 0 Å². The summed E-state index contributed by atoms with van der Waals surface area (Å²) in [5.74, 6) is 0. The number of ether oxygens (including phenoxy) is 1. The minimum Gasteiger partial charge on any atom is -0.450 e. The summed E-state index contributed by atoms with van der Waals surface area (Å²) in [5, 5.41) is 12.0. The molecule has 1 unspecified atom stereocenters. The number of β-amino-alcohol motifs (C(OH)–C–C–N with tert-alkyl or cyclic N) is 1. The van der Waals surface area contributed by atoms with Gasteiger partial charge in [-0.05, 0) is 30.4 Å². The van der Waals surface area contributed by atoms with Crippen LogP contribution in [0.5, 0.6) is 0 Å². The summed E-state index contributed by atoms with van der Waals surface area (Å²) in [5.41, 5.74) is 0.955. The van der Waals surface area contributed by atoms with Crippen LogP contribution in [0, 0.1) is 0 Å². The standard InChI is InChI=1S/C11H15NO3S/c1-2-15-11(14)12-5-3-10-8(4-6-16-10)9(13)7-12/h4,6,9,13H,2-3,5,7H2,1H3. The Morgan fingerprint density at radius 1 is 1.75 bits per heavy atom. The summed E-state index contributed by atoms with van der Waals surface area (Å²) in [6.07, 6.45) is -0.132. The van der Waals surface area contributed by atoms with Crippen molar-refractivity contribution in [1.82, 2.24) is 4.90 Å². The molecule has 5 heteroatoms. The van der Waals surface area contributed by atoms with Crippen molar-refractivity contribution < 1.29 is 14.6 Å². The highest BCUT2D eigenvalue weighted by Gasteiger charge is 2.25. The van der Waals surface area contributed by atoms with Gasteiger partial charge >= 0.3 is 6.09 Å². The van der Waals surface area contributed by atoms with Crippen molar-refractivity contribution in [2.75, 3.05) is 19.7 Å². The normalized spacial score (nSPS) is 20.1. The fourth-order valence-corrected chi connectivity index (χ4v) is 2.79. The first-order valence-electron chi connectivity index (χ1n) is 5.38. The number of thiophene rings is 1. The van der Waals surface area contributed by atoms with Crippen LogP contribution in [-0.2, 0) is 11.2 Å². The second-order valence-electron chi connectivity index (χ2n) is 3.71. The van der Waals surface area contributed by atoms with Crippen LogP contribution in [0.4, 0.5) is 4.79 Å². The molecule has 4 nitrogen and oxygen atoms in total. The van der Waals surface area contributed by atoms with Gasteiger partial charge in [0.25, 0.3) is 0 Å². The number of nitrogens with zero attached hydrogens (tertiary/aromatic N) is 1. The maximum absolute atomic E-state index is 11.6. The lowest BCUT2D eigenvalue weighted by Gasteiger charge is -2.21. The zero-order chi connectivity index (χ0) is 11.5. The van der Waals surface area contributed by atoms with E-state index in [1.165, 1.54) is 4.88 Å². The third kappa shape index (κ3) is 2.20. The maximum Gasteiger partial charge on any atom is 0.409 e. The van der Waals surface area contributed by atoms with Crippen molar-refractivity contribution in [1.29, 1.82) is 0 Å². The molecule has 88 valence electrons. The fourth-order valence-electron chi connectivity index (χ4n) is 1.87. The minimum absolute atomic E-state index is 0.322. The van der Waals surface area contributed by atoms with Gasteiger partial charge in [0.2, 0.25) is 0 Å². The van der Waals surface area contributed by atoms with Gasteiger partial charge in [0.05, 0.1) is 19.3 Å². The van der Waals surface area contributed by atoms with E-state index in [0.717, 1.165) is 12.0 Å². The minimum atomic E-state index is -0.590. The molecule has 0 aromatic carbocycles. The SMILES string of the molecule is CCOC(=O)N1CCc2sccc2C(O)C1. The summed E-state index contributed by atoms with van der Waals surface area (Å²) in [6, 6.07) is 1.93. The Balaban J connectivity index is 2.09. The Kier molecular flexibility index (Phi) is 3.46. The Hall–Kier alpha value is -1.07. The first kappa shape index (κ1) is 11.4. The monoisotopic (exact) mass is 241 g/mol. The molecule has 0 radical (unpaired) electrons. The summed E-state index contributed by atoms with van der Waals surface area (Å²) >= 11 is 1.63. The van der Waals surface area contributed by atoms with Gasteiger partial charge in [0, 0.05) is 11.4 Å². The molecular weight excluding hydrogens is 226 g/mol. The highest BCUT2D eigenvalue weighted by Crippen LogP contribution is 2.28. The Morgan fingerprint density at radius 3 is 3.31 bits per heavy atom. The Bertz CT molecular complexity index is 377. The average molecular weight is 241 g/mol. The van der Waals surface area contributed by atoms with Crippen LogP contribution in [0.1, 0.15) is 23.5 Å². The fraction of sp³-hybridized carbons (Fsp3) is 0.545. The Morgan fingerprint density at radius 2 is 2.56 bits per heavy atom. The van der Waals surface area contributed by atoms with Crippen LogP contribution in [0.15, 0.2) is 11.4 Å². The first-order chi connectivity index (χ1) is 7.72. The predicted molar refractivity (Wildman–Crippen MR) is 61.6 cm³/mol. The molecule has 2 heterocycles. The van der Waals surface area contributed by atoms with Gasteiger partial charge in [0.15, 0.2) is 0 Å². The molecular formula is C11H15NO3S. The lowest BCUT2D eigenvalue weighted by molar-refractivity contribution is 0.0797. The van der Waals surface area contributed by atoms with E-state index in [9.17, 15) is 9.90 Å². The molecule has 1 aromatic rings. The first-order valence-corrected chi connectivity index (χ1v) is 6.26. The lowest BCUT2D eigenvalue weighted by atomic mass is 10.1. The van der Waals surface area contributed by atoms with Crippen LogP contribution in [-0.4, -0.2) is 35.8 Å². The molecule has 0 saturated carbocycles. The predicted octanol–water partition coefficient (Wildman–Crippen LogP) is 1.80. The molecule has 1 amide bonds. The maximum atomic E-state index is 11.6. The number of hydrogen-bond donors (Lipinski definition) is 1. The van der Waals surface area contributed by atoms with E-state index in [4.69, 9.17) is 4.74 Å². The summed E-state index contributed by atoms with van der Waals surface area (Å²) in [4.78, 5) is 14.3. The van der Waals surface area contributed by atoms with E-state index >= 15 is 0 Å². The van der Waals surface area contributed by atoms with Crippen molar-refractivity contribution in [3.8, 4) is 0 Å². The number of amides is 1. The molecule has 1 atom stereocenters. The van der Waals surface area contributed by atoms with Crippen molar-refractivity contribution in [2.24, 2.45) is 0 Å². The van der Waals surface area contributed by atoms with E-state index in [0.29, 0.717) is 19.7 Å². The van der Waals surface area contributed by atoms with Gasteiger partial charge < -0.3 is 14.7 Å². The molecule has 16 heavy (non-hydrogen) atoms. The van der Waals surface area contributed by atoms with Gasteiger partial charge in [-0.25, -0.2) is 4.79 Å². The third-order valence-corrected chi connectivity index (χ3v) is 3.66. The quantitative estimate of drug-likeness (QED) is 0.815. The highest BCUT2D eigenvalue weighted by atomic mass is 32.1. The molecule has 1 N–H and O–H groups in total. The molecule has 1 aromatic heterocycles. The summed E-state index contributed by atoms with van der Waals surface area (Å²) in [6.45, 7) is 3.09. The van der Waals surface area contributed by atoms with Gasteiger partial charge in [-0.15, -0.1) is 11.3 Å². The van der Waals surface area contributed by atoms with E-state index in [-0.39, 0.29) is 6.09 Å². The summed E-state index contributed by atoms with van der Waals surface area (Å²) < 4.78 is 4.94. The van der Waals surface area contributed by atoms with Gasteiger partial charge in [-0.3, -0.25) is 0 Å². The molecule has 0 bridgehead atoms. The Labute approximate surface area is 98.4 Å². The average Bonchev–Trinajstić information content (AvgIpc) is 2.66. The lowest BCUT2D eigenvalue weighted by Crippen LogP contribution is -2.35. The van der Waals surface area contributed by atoms with Crippen LogP contribution < -0.4 is 0 Å². The number of carbonyl (C=O) groups excluding carboxylic acids is 1. The van der Waals surface area contributed by atoms with E-state index in [2.05, 4.69) is 0 Å². The van der Waals surface area contributed by atoms with Crippen LogP contribution >= 0.6 is 11.3 Å². The van der Waals surface area contributed by atoms with E-state index in [1.54, 1.807) is 23.2 Å². The van der Waals surface area contributed by atoms with E-state index in [1.807, 2.05) is 11.4 Å². The number of rotatable bonds is 1. The number of hydrogen-bond acceptors (Lipinski definition) is 4. The molecule has 0 saturated heterocycles. The van der Waals surface area contributed by atoms with Crippen molar-refractivity contribution in [2.45, 2.75) is 19.4 Å². The second kappa shape index (κ2) is 4.84. The van der Waals surface area contributed by atoms with Gasteiger partial charge in [0.1, 0.15) is 0 Å². The molecule has 0 fully saturated rings. The zero-order valence-corrected chi connectivity index (χ0v) is 10.00. The number of aliphatic hydroxyl groups excluding tert-OH is 1. The number of fused-ring (bicyclic) bond motifs is 1. The molecule has 2 rings (SSSR count). The molecule has 0 aliphatic carbocycles. The molecule has 1 aliphatic rings.